The predicted molar refractivity (Wildman–Crippen MR) is 99.9 cm³/mol. The van der Waals surface area contributed by atoms with Crippen LogP contribution in [0.3, 0.4) is 0 Å². The summed E-state index contributed by atoms with van der Waals surface area (Å²) >= 11 is 3.51. The third kappa shape index (κ3) is 8.26. The number of ether oxygens (including phenoxy) is 1. The van der Waals surface area contributed by atoms with Gasteiger partial charge in [-0.15, -0.1) is 0 Å². The minimum Gasteiger partial charge on any atom is -0.444 e. The molecule has 0 saturated heterocycles. The third-order valence-electron chi connectivity index (χ3n) is 3.46. The number of alkyl carbamates (subject to hydrolysis) is 1. The van der Waals surface area contributed by atoms with Gasteiger partial charge in [0, 0.05) is 23.2 Å². The first kappa shape index (κ1) is 19.8. The first-order valence-electron chi connectivity index (χ1n) is 8.05. The number of carbonyl (C=O) groups excluding carboxylic acids is 1. The lowest BCUT2D eigenvalue weighted by Crippen LogP contribution is -2.38. The zero-order chi connectivity index (χ0) is 17.6. The van der Waals surface area contributed by atoms with Gasteiger partial charge in [0.1, 0.15) is 5.60 Å². The fraction of sp³-hybridized carbons (Fsp3) is 0.611. The first-order chi connectivity index (χ1) is 10.6. The van der Waals surface area contributed by atoms with Crippen molar-refractivity contribution in [1.82, 2.24) is 5.32 Å². The first-order valence-corrected chi connectivity index (χ1v) is 8.84. The monoisotopic (exact) mass is 384 g/mol. The summed E-state index contributed by atoms with van der Waals surface area (Å²) in [7, 11) is 0. The lowest BCUT2D eigenvalue weighted by atomic mass is 9.95. The number of anilines is 1. The molecule has 1 unspecified atom stereocenters. The van der Waals surface area contributed by atoms with Gasteiger partial charge in [-0.2, -0.15) is 0 Å². The second kappa shape index (κ2) is 8.57. The largest absolute Gasteiger partial charge is 0.444 e. The standard InChI is InChI=1S/C18H29BrN2O2/c1-12(2)14(11-21-17(22)23-18(4,5)6)10-20-16-8-13(3)7-15(19)9-16/h7-9,12,14,20H,10-11H2,1-6H3,(H,21,22). The molecule has 0 aliphatic heterocycles. The van der Waals surface area contributed by atoms with E-state index in [1.54, 1.807) is 0 Å². The SMILES string of the molecule is Cc1cc(Br)cc(NCC(CNC(=O)OC(C)(C)C)C(C)C)c1. The molecule has 130 valence electrons. The van der Waals surface area contributed by atoms with Crippen LogP contribution < -0.4 is 10.6 Å². The molecule has 1 atom stereocenters. The Labute approximate surface area is 148 Å². The van der Waals surface area contributed by atoms with Gasteiger partial charge in [-0.05, 0) is 63.3 Å². The number of carbonyl (C=O) groups is 1. The van der Waals surface area contributed by atoms with Gasteiger partial charge in [-0.1, -0.05) is 29.8 Å². The minimum atomic E-state index is -0.469. The van der Waals surface area contributed by atoms with Crippen LogP contribution in [0.4, 0.5) is 10.5 Å². The van der Waals surface area contributed by atoms with E-state index in [9.17, 15) is 4.79 Å². The van der Waals surface area contributed by atoms with Crippen molar-refractivity contribution in [2.45, 2.75) is 47.1 Å². The van der Waals surface area contributed by atoms with E-state index in [1.807, 2.05) is 20.8 Å². The Balaban J connectivity index is 2.54. The molecule has 5 heteroatoms. The minimum absolute atomic E-state index is 0.321. The number of nitrogens with one attached hydrogen (secondary N) is 2. The maximum absolute atomic E-state index is 11.8. The van der Waals surface area contributed by atoms with Crippen LogP contribution in [0.15, 0.2) is 22.7 Å². The molecule has 0 spiro atoms. The van der Waals surface area contributed by atoms with Crippen LogP contribution in [-0.4, -0.2) is 24.8 Å². The van der Waals surface area contributed by atoms with Crippen molar-refractivity contribution in [3.63, 3.8) is 0 Å². The van der Waals surface area contributed by atoms with E-state index in [2.05, 4.69) is 65.5 Å². The van der Waals surface area contributed by atoms with E-state index >= 15 is 0 Å². The van der Waals surface area contributed by atoms with Crippen LogP contribution in [0.2, 0.25) is 0 Å². The molecule has 0 aliphatic carbocycles. The topological polar surface area (TPSA) is 50.4 Å². The molecule has 4 nitrogen and oxygen atoms in total. The van der Waals surface area contributed by atoms with E-state index in [-0.39, 0.29) is 6.09 Å². The molecule has 0 aromatic heterocycles. The Morgan fingerprint density at radius 3 is 2.39 bits per heavy atom. The molecular formula is C18H29BrN2O2. The fourth-order valence-electron chi connectivity index (χ4n) is 2.16. The average Bonchev–Trinajstić information content (AvgIpc) is 2.34. The van der Waals surface area contributed by atoms with Crippen LogP contribution in [0, 0.1) is 18.8 Å². The van der Waals surface area contributed by atoms with Crippen molar-refractivity contribution < 1.29 is 9.53 Å². The van der Waals surface area contributed by atoms with Crippen LogP contribution in [-0.2, 0) is 4.74 Å². The van der Waals surface area contributed by atoms with Crippen LogP contribution >= 0.6 is 15.9 Å². The normalized spacial score (nSPS) is 12.9. The van der Waals surface area contributed by atoms with E-state index < -0.39 is 5.60 Å². The highest BCUT2D eigenvalue weighted by Crippen LogP contribution is 2.20. The highest BCUT2D eigenvalue weighted by Gasteiger charge is 2.19. The Morgan fingerprint density at radius 2 is 1.87 bits per heavy atom. The van der Waals surface area contributed by atoms with Crippen LogP contribution in [0.1, 0.15) is 40.2 Å². The molecule has 1 rings (SSSR count). The molecule has 0 aliphatic rings. The quantitative estimate of drug-likeness (QED) is 0.727. The van der Waals surface area contributed by atoms with Gasteiger partial charge < -0.3 is 15.4 Å². The average molecular weight is 385 g/mol. The summed E-state index contributed by atoms with van der Waals surface area (Å²) in [6.07, 6.45) is -0.360. The summed E-state index contributed by atoms with van der Waals surface area (Å²) in [4.78, 5) is 11.8. The number of benzene rings is 1. The molecule has 0 heterocycles. The number of aryl methyl sites for hydroxylation is 1. The van der Waals surface area contributed by atoms with Gasteiger partial charge in [0.2, 0.25) is 0 Å². The van der Waals surface area contributed by atoms with Gasteiger partial charge in [0.05, 0.1) is 0 Å². The molecule has 0 radical (unpaired) electrons. The molecule has 23 heavy (non-hydrogen) atoms. The van der Waals surface area contributed by atoms with Crippen molar-refractivity contribution in [3.8, 4) is 0 Å². The Bertz CT molecular complexity index is 504. The number of rotatable bonds is 6. The summed E-state index contributed by atoms with van der Waals surface area (Å²) in [6, 6.07) is 6.25. The fourth-order valence-corrected chi connectivity index (χ4v) is 2.77. The molecule has 0 fully saturated rings. The Morgan fingerprint density at radius 1 is 1.22 bits per heavy atom. The van der Waals surface area contributed by atoms with Crippen molar-refractivity contribution in [2.75, 3.05) is 18.4 Å². The van der Waals surface area contributed by atoms with Crippen LogP contribution in [0.5, 0.6) is 0 Å². The second-order valence-electron chi connectivity index (χ2n) is 7.29. The molecule has 1 aromatic carbocycles. The van der Waals surface area contributed by atoms with Crippen LogP contribution in [0.25, 0.3) is 0 Å². The molecule has 1 aromatic rings. The smallest absolute Gasteiger partial charge is 0.407 e. The highest BCUT2D eigenvalue weighted by atomic mass is 79.9. The maximum atomic E-state index is 11.8. The molecule has 1 amide bonds. The summed E-state index contributed by atoms with van der Waals surface area (Å²) in [5, 5.41) is 6.33. The summed E-state index contributed by atoms with van der Waals surface area (Å²) in [6.45, 7) is 13.4. The Hall–Kier alpha value is -1.23. The number of halogens is 1. The Kier molecular flexibility index (Phi) is 7.39. The molecular weight excluding hydrogens is 356 g/mol. The van der Waals surface area contributed by atoms with Crippen molar-refractivity contribution in [2.24, 2.45) is 11.8 Å². The highest BCUT2D eigenvalue weighted by molar-refractivity contribution is 9.10. The third-order valence-corrected chi connectivity index (χ3v) is 3.92. The number of amides is 1. The van der Waals surface area contributed by atoms with Crippen molar-refractivity contribution in [3.05, 3.63) is 28.2 Å². The van der Waals surface area contributed by atoms with Gasteiger partial charge in [-0.25, -0.2) is 4.79 Å². The lowest BCUT2D eigenvalue weighted by molar-refractivity contribution is 0.0516. The predicted octanol–water partition coefficient (Wildman–Crippen LogP) is 4.97. The van der Waals surface area contributed by atoms with Gasteiger partial charge in [0.25, 0.3) is 0 Å². The lowest BCUT2D eigenvalue weighted by Gasteiger charge is -2.24. The van der Waals surface area contributed by atoms with Gasteiger partial charge in [-0.3, -0.25) is 0 Å². The second-order valence-corrected chi connectivity index (χ2v) is 8.20. The van der Waals surface area contributed by atoms with Crippen molar-refractivity contribution >= 4 is 27.7 Å². The summed E-state index contributed by atoms with van der Waals surface area (Å²) < 4.78 is 6.35. The van der Waals surface area contributed by atoms with Gasteiger partial charge in [0.15, 0.2) is 0 Å². The number of hydrogen-bond donors (Lipinski definition) is 2. The zero-order valence-corrected chi connectivity index (χ0v) is 16.6. The van der Waals surface area contributed by atoms with E-state index in [1.165, 1.54) is 5.56 Å². The number of hydrogen-bond acceptors (Lipinski definition) is 3. The van der Waals surface area contributed by atoms with Gasteiger partial charge >= 0.3 is 6.09 Å². The van der Waals surface area contributed by atoms with E-state index in [0.29, 0.717) is 18.4 Å². The van der Waals surface area contributed by atoms with Crippen molar-refractivity contribution in [1.29, 1.82) is 0 Å². The summed E-state index contributed by atoms with van der Waals surface area (Å²) in [5.74, 6) is 0.771. The van der Waals surface area contributed by atoms with E-state index in [0.717, 1.165) is 16.7 Å². The summed E-state index contributed by atoms with van der Waals surface area (Å²) in [5.41, 5.74) is 1.82. The molecule has 0 saturated carbocycles. The van der Waals surface area contributed by atoms with E-state index in [4.69, 9.17) is 4.74 Å². The maximum Gasteiger partial charge on any atom is 0.407 e. The molecule has 2 N–H and O–H groups in total. The molecule has 0 bridgehead atoms. The zero-order valence-electron chi connectivity index (χ0n) is 15.0.